The van der Waals surface area contributed by atoms with Crippen LogP contribution >= 0.6 is 0 Å². The molecular weight excluding hydrogens is 376 g/mol. The number of esters is 1. The van der Waals surface area contributed by atoms with Crippen LogP contribution in [0.1, 0.15) is 47.3 Å². The molecule has 2 aromatic rings. The number of rotatable bonds is 8. The van der Waals surface area contributed by atoms with E-state index in [-0.39, 0.29) is 29.5 Å². The lowest BCUT2D eigenvalue weighted by atomic mass is 9.97. The van der Waals surface area contributed by atoms with Gasteiger partial charge in [0.2, 0.25) is 0 Å². The number of hydrogen-bond acceptors (Lipinski definition) is 6. The van der Waals surface area contributed by atoms with Gasteiger partial charge >= 0.3 is 5.97 Å². The molecule has 0 saturated heterocycles. The van der Waals surface area contributed by atoms with E-state index in [0.29, 0.717) is 22.8 Å². The summed E-state index contributed by atoms with van der Waals surface area (Å²) >= 11 is 0. The number of benzene rings is 1. The summed E-state index contributed by atoms with van der Waals surface area (Å²) in [5.41, 5.74) is 1.42. The molecule has 1 heterocycles. The minimum Gasteiger partial charge on any atom is -0.493 e. The van der Waals surface area contributed by atoms with Crippen LogP contribution in [0.5, 0.6) is 11.5 Å². The Morgan fingerprint density at radius 1 is 1.10 bits per heavy atom. The molecule has 1 aromatic carbocycles. The molecule has 2 N–H and O–H groups in total. The summed E-state index contributed by atoms with van der Waals surface area (Å²) in [5.74, 6) is -1.22. The van der Waals surface area contributed by atoms with Crippen LogP contribution in [0.15, 0.2) is 18.2 Å². The zero-order valence-corrected chi connectivity index (χ0v) is 17.5. The predicted octanol–water partition coefficient (Wildman–Crippen LogP) is 2.89. The number of aryl methyl sites for hydroxylation is 1. The molecule has 0 atom stereocenters. The molecule has 1 aromatic heterocycles. The largest absolute Gasteiger partial charge is 0.493 e. The van der Waals surface area contributed by atoms with Crippen LogP contribution in [0.25, 0.3) is 11.1 Å². The maximum atomic E-state index is 12.8. The average Bonchev–Trinajstić information content (AvgIpc) is 3.03. The smallest absolute Gasteiger partial charge is 0.340 e. The van der Waals surface area contributed by atoms with E-state index in [9.17, 15) is 14.4 Å². The molecule has 0 bridgehead atoms. The Labute approximate surface area is 169 Å². The molecule has 0 spiro atoms. The normalized spacial score (nSPS) is 10.6. The van der Waals surface area contributed by atoms with Gasteiger partial charge in [0.1, 0.15) is 5.69 Å². The van der Waals surface area contributed by atoms with Gasteiger partial charge < -0.3 is 24.5 Å². The first-order valence-corrected chi connectivity index (χ1v) is 9.22. The minimum absolute atomic E-state index is 0.0101. The van der Waals surface area contributed by atoms with Gasteiger partial charge in [-0.1, -0.05) is 6.07 Å². The van der Waals surface area contributed by atoms with Gasteiger partial charge in [0.15, 0.2) is 11.5 Å². The first-order valence-electron chi connectivity index (χ1n) is 9.22. The number of carbonyl (C=O) groups excluding carboxylic acids is 3. The van der Waals surface area contributed by atoms with E-state index in [4.69, 9.17) is 14.2 Å². The standard InChI is InChI=1S/C21H26N2O6/c1-7-29-21(26)16-12(4)23-18(19(24)20(25)22-11(2)3)17(16)13-8-9-14(27-5)15(10-13)28-6/h8-11,23H,7H2,1-6H3,(H,22,25). The summed E-state index contributed by atoms with van der Waals surface area (Å²) in [6.45, 7) is 7.02. The van der Waals surface area contributed by atoms with Crippen LogP contribution < -0.4 is 14.8 Å². The van der Waals surface area contributed by atoms with Crippen molar-refractivity contribution in [1.82, 2.24) is 10.3 Å². The zero-order chi connectivity index (χ0) is 21.7. The topological polar surface area (TPSA) is 107 Å². The molecule has 0 aliphatic rings. The minimum atomic E-state index is -0.776. The highest BCUT2D eigenvalue weighted by Crippen LogP contribution is 2.37. The Morgan fingerprint density at radius 3 is 2.31 bits per heavy atom. The number of Topliss-reactive ketones (excluding diaryl/α,β-unsaturated/α-hetero) is 1. The molecule has 29 heavy (non-hydrogen) atoms. The van der Waals surface area contributed by atoms with Crippen molar-refractivity contribution in [1.29, 1.82) is 0 Å². The van der Waals surface area contributed by atoms with E-state index >= 15 is 0 Å². The molecule has 0 radical (unpaired) electrons. The number of hydrogen-bond donors (Lipinski definition) is 2. The number of methoxy groups -OCH3 is 2. The van der Waals surface area contributed by atoms with Gasteiger partial charge in [-0.05, 0) is 45.4 Å². The number of aromatic nitrogens is 1. The predicted molar refractivity (Wildman–Crippen MR) is 108 cm³/mol. The number of ether oxygens (including phenoxy) is 3. The maximum Gasteiger partial charge on any atom is 0.340 e. The number of H-pyrrole nitrogens is 1. The SMILES string of the molecule is CCOC(=O)c1c(C)[nH]c(C(=O)C(=O)NC(C)C)c1-c1ccc(OC)c(OC)c1. The van der Waals surface area contributed by atoms with Gasteiger partial charge in [-0.3, -0.25) is 9.59 Å². The van der Waals surface area contributed by atoms with Gasteiger partial charge in [-0.25, -0.2) is 4.79 Å². The highest BCUT2D eigenvalue weighted by molar-refractivity contribution is 6.44. The van der Waals surface area contributed by atoms with Crippen LogP contribution in [-0.2, 0) is 9.53 Å². The summed E-state index contributed by atoms with van der Waals surface area (Å²) in [7, 11) is 2.99. The Bertz CT molecular complexity index is 929. The van der Waals surface area contributed by atoms with Crippen molar-refractivity contribution in [2.24, 2.45) is 0 Å². The molecule has 2 rings (SSSR count). The van der Waals surface area contributed by atoms with Gasteiger partial charge in [-0.2, -0.15) is 0 Å². The van der Waals surface area contributed by atoms with Crippen molar-refractivity contribution in [3.63, 3.8) is 0 Å². The highest BCUT2D eigenvalue weighted by atomic mass is 16.5. The molecule has 0 fully saturated rings. The van der Waals surface area contributed by atoms with Crippen LogP contribution in [0.2, 0.25) is 0 Å². The third kappa shape index (κ3) is 4.59. The summed E-state index contributed by atoms with van der Waals surface area (Å²) < 4.78 is 15.8. The first-order chi connectivity index (χ1) is 13.7. The number of amides is 1. The summed E-state index contributed by atoms with van der Waals surface area (Å²) in [4.78, 5) is 40.7. The van der Waals surface area contributed by atoms with Crippen molar-refractivity contribution in [3.05, 3.63) is 35.2 Å². The van der Waals surface area contributed by atoms with E-state index in [1.807, 2.05) is 0 Å². The quantitative estimate of drug-likeness (QED) is 0.399. The second-order valence-electron chi connectivity index (χ2n) is 6.62. The third-order valence-corrected chi connectivity index (χ3v) is 4.19. The lowest BCUT2D eigenvalue weighted by Gasteiger charge is -2.12. The summed E-state index contributed by atoms with van der Waals surface area (Å²) in [5, 5.41) is 2.57. The fraction of sp³-hybridized carbons (Fsp3) is 0.381. The van der Waals surface area contributed by atoms with Crippen LogP contribution in [0.3, 0.4) is 0 Å². The van der Waals surface area contributed by atoms with Crippen molar-refractivity contribution in [2.75, 3.05) is 20.8 Å². The van der Waals surface area contributed by atoms with Crippen molar-refractivity contribution >= 4 is 17.7 Å². The number of carbonyl (C=O) groups is 3. The van der Waals surface area contributed by atoms with E-state index < -0.39 is 17.7 Å². The monoisotopic (exact) mass is 402 g/mol. The first kappa shape index (κ1) is 22.0. The van der Waals surface area contributed by atoms with E-state index in [0.717, 1.165) is 0 Å². The Balaban J connectivity index is 2.71. The fourth-order valence-electron chi connectivity index (χ4n) is 2.98. The Morgan fingerprint density at radius 2 is 1.76 bits per heavy atom. The third-order valence-electron chi connectivity index (χ3n) is 4.19. The van der Waals surface area contributed by atoms with E-state index in [2.05, 4.69) is 10.3 Å². The van der Waals surface area contributed by atoms with Gasteiger partial charge in [0.25, 0.3) is 11.7 Å². The lowest BCUT2D eigenvalue weighted by Crippen LogP contribution is -2.36. The summed E-state index contributed by atoms with van der Waals surface area (Å²) in [6, 6.07) is 4.77. The fourth-order valence-corrected chi connectivity index (χ4v) is 2.98. The van der Waals surface area contributed by atoms with E-state index in [1.54, 1.807) is 45.9 Å². The van der Waals surface area contributed by atoms with E-state index in [1.165, 1.54) is 14.2 Å². The Hall–Kier alpha value is -3.29. The molecule has 0 saturated carbocycles. The number of aromatic amines is 1. The molecule has 0 unspecified atom stereocenters. The second-order valence-corrected chi connectivity index (χ2v) is 6.62. The maximum absolute atomic E-state index is 12.8. The average molecular weight is 402 g/mol. The van der Waals surface area contributed by atoms with Crippen LogP contribution in [0, 0.1) is 6.92 Å². The number of nitrogens with one attached hydrogen (secondary N) is 2. The molecule has 156 valence electrons. The van der Waals surface area contributed by atoms with Gasteiger partial charge in [0.05, 0.1) is 26.4 Å². The Kier molecular flexibility index (Phi) is 7.03. The molecule has 0 aliphatic heterocycles. The molecular formula is C21H26N2O6. The zero-order valence-electron chi connectivity index (χ0n) is 17.5. The second kappa shape index (κ2) is 9.27. The molecule has 8 nitrogen and oxygen atoms in total. The molecule has 0 aliphatic carbocycles. The van der Waals surface area contributed by atoms with Crippen molar-refractivity contribution < 1.29 is 28.6 Å². The van der Waals surface area contributed by atoms with Crippen molar-refractivity contribution in [2.45, 2.75) is 33.7 Å². The highest BCUT2D eigenvalue weighted by Gasteiger charge is 2.30. The van der Waals surface area contributed by atoms with Gasteiger partial charge in [0, 0.05) is 17.3 Å². The molecule has 8 heteroatoms. The van der Waals surface area contributed by atoms with Crippen molar-refractivity contribution in [3.8, 4) is 22.6 Å². The van der Waals surface area contributed by atoms with Crippen LogP contribution in [0.4, 0.5) is 0 Å². The number of ketones is 1. The van der Waals surface area contributed by atoms with Gasteiger partial charge in [-0.15, -0.1) is 0 Å². The lowest BCUT2D eigenvalue weighted by molar-refractivity contribution is -0.117. The van der Waals surface area contributed by atoms with Crippen LogP contribution in [-0.4, -0.2) is 49.5 Å². The molecule has 1 amide bonds. The summed E-state index contributed by atoms with van der Waals surface area (Å²) in [6.07, 6.45) is 0.